The highest BCUT2D eigenvalue weighted by Gasteiger charge is 2.07. The molecule has 0 saturated carbocycles. The molecular weight excluding hydrogens is 197 g/mol. The largest absolute Gasteiger partial charge is 0.465 e. The minimum Gasteiger partial charge on any atom is -0.465 e. The van der Waals surface area contributed by atoms with E-state index in [2.05, 4.69) is 4.74 Å². The minimum atomic E-state index is -0.613. The summed E-state index contributed by atoms with van der Waals surface area (Å²) in [6.07, 6.45) is 0. The summed E-state index contributed by atoms with van der Waals surface area (Å²) in [5.74, 6) is -1.19. The van der Waals surface area contributed by atoms with Crippen LogP contribution < -0.4 is 5.73 Å². The number of nitrogens with two attached hydrogens (primary N) is 1. The topological polar surface area (TPSA) is 52.3 Å². The lowest BCUT2D eigenvalue weighted by atomic mass is 10.2. The average Bonchev–Trinajstić information content (AvgIpc) is 2.08. The SMILES string of the molecule is COC(=O)c1ccc(N)c(F)c1.Cl. The van der Waals surface area contributed by atoms with Gasteiger partial charge in [-0.2, -0.15) is 0 Å². The number of nitrogen functional groups attached to an aromatic ring is 1. The summed E-state index contributed by atoms with van der Waals surface area (Å²) in [7, 11) is 1.23. The van der Waals surface area contributed by atoms with Crippen molar-refractivity contribution in [3.05, 3.63) is 29.6 Å². The van der Waals surface area contributed by atoms with Gasteiger partial charge in [0.1, 0.15) is 5.82 Å². The van der Waals surface area contributed by atoms with Crippen molar-refractivity contribution in [2.24, 2.45) is 0 Å². The highest BCUT2D eigenvalue weighted by Crippen LogP contribution is 2.12. The molecule has 0 spiro atoms. The number of anilines is 1. The van der Waals surface area contributed by atoms with Gasteiger partial charge in [0.2, 0.25) is 0 Å². The number of rotatable bonds is 1. The third-order valence-electron chi connectivity index (χ3n) is 1.42. The van der Waals surface area contributed by atoms with E-state index in [1.165, 1.54) is 19.2 Å². The summed E-state index contributed by atoms with van der Waals surface area (Å²) >= 11 is 0. The fraction of sp³-hybridized carbons (Fsp3) is 0.125. The first-order valence-corrected chi connectivity index (χ1v) is 3.28. The van der Waals surface area contributed by atoms with Crippen molar-refractivity contribution < 1.29 is 13.9 Å². The highest BCUT2D eigenvalue weighted by molar-refractivity contribution is 5.89. The zero-order chi connectivity index (χ0) is 9.14. The third-order valence-corrected chi connectivity index (χ3v) is 1.42. The first-order valence-electron chi connectivity index (χ1n) is 3.28. The number of hydrogen-bond donors (Lipinski definition) is 1. The molecule has 0 heterocycles. The van der Waals surface area contributed by atoms with E-state index in [-0.39, 0.29) is 23.7 Å². The third kappa shape index (κ3) is 2.59. The van der Waals surface area contributed by atoms with Crippen molar-refractivity contribution in [1.29, 1.82) is 0 Å². The molecule has 0 amide bonds. The molecule has 0 aromatic heterocycles. The second-order valence-corrected chi connectivity index (χ2v) is 2.23. The van der Waals surface area contributed by atoms with E-state index in [9.17, 15) is 9.18 Å². The van der Waals surface area contributed by atoms with Gasteiger partial charge in [0.05, 0.1) is 18.4 Å². The molecule has 1 rings (SSSR count). The second kappa shape index (κ2) is 4.67. The molecule has 0 aliphatic rings. The Kier molecular flexibility index (Phi) is 4.20. The van der Waals surface area contributed by atoms with Gasteiger partial charge in [-0.15, -0.1) is 12.4 Å². The van der Waals surface area contributed by atoms with Crippen LogP contribution in [0.15, 0.2) is 18.2 Å². The van der Waals surface area contributed by atoms with Gasteiger partial charge in [0, 0.05) is 0 Å². The van der Waals surface area contributed by atoms with E-state index in [0.717, 1.165) is 6.07 Å². The van der Waals surface area contributed by atoms with E-state index in [4.69, 9.17) is 5.73 Å². The molecule has 0 aliphatic heterocycles. The summed E-state index contributed by atoms with van der Waals surface area (Å²) < 4.78 is 17.1. The Hall–Kier alpha value is -1.29. The van der Waals surface area contributed by atoms with Crippen LogP contribution in [0.3, 0.4) is 0 Å². The predicted octanol–water partition coefficient (Wildman–Crippen LogP) is 1.62. The number of hydrogen-bond acceptors (Lipinski definition) is 3. The smallest absolute Gasteiger partial charge is 0.337 e. The van der Waals surface area contributed by atoms with Crippen molar-refractivity contribution in [1.82, 2.24) is 0 Å². The first kappa shape index (κ1) is 11.7. The molecular formula is C8H9ClFNO2. The Balaban J connectivity index is 0.00000144. The van der Waals surface area contributed by atoms with Gasteiger partial charge in [-0.05, 0) is 18.2 Å². The molecule has 0 atom stereocenters. The molecule has 0 fully saturated rings. The lowest BCUT2D eigenvalue weighted by Crippen LogP contribution is -2.02. The summed E-state index contributed by atoms with van der Waals surface area (Å²) in [6, 6.07) is 3.77. The molecule has 0 unspecified atom stereocenters. The molecule has 3 nitrogen and oxygen atoms in total. The van der Waals surface area contributed by atoms with E-state index < -0.39 is 11.8 Å². The number of halogens is 2. The van der Waals surface area contributed by atoms with E-state index in [1.807, 2.05) is 0 Å². The van der Waals surface area contributed by atoms with Crippen LogP contribution in [-0.4, -0.2) is 13.1 Å². The molecule has 0 radical (unpaired) electrons. The monoisotopic (exact) mass is 205 g/mol. The maximum atomic E-state index is 12.7. The number of benzene rings is 1. The molecule has 13 heavy (non-hydrogen) atoms. The standard InChI is InChI=1S/C8H8FNO2.ClH/c1-12-8(11)5-2-3-7(10)6(9)4-5;/h2-4H,10H2,1H3;1H. The Morgan fingerprint density at radius 1 is 1.54 bits per heavy atom. The van der Waals surface area contributed by atoms with Crippen LogP contribution in [0.5, 0.6) is 0 Å². The molecule has 1 aromatic rings. The fourth-order valence-electron chi connectivity index (χ4n) is 0.772. The van der Waals surface area contributed by atoms with E-state index >= 15 is 0 Å². The number of esters is 1. The Morgan fingerprint density at radius 3 is 2.62 bits per heavy atom. The van der Waals surface area contributed by atoms with Crippen LogP contribution in [0.25, 0.3) is 0 Å². The summed E-state index contributed by atoms with van der Waals surface area (Å²) in [5, 5.41) is 0. The summed E-state index contributed by atoms with van der Waals surface area (Å²) in [6.45, 7) is 0. The second-order valence-electron chi connectivity index (χ2n) is 2.23. The zero-order valence-corrected chi connectivity index (χ0v) is 7.73. The molecule has 1 aromatic carbocycles. The molecule has 0 saturated heterocycles. The first-order chi connectivity index (χ1) is 5.65. The van der Waals surface area contributed by atoms with Crippen LogP contribution in [0.2, 0.25) is 0 Å². The minimum absolute atomic E-state index is 0. The highest BCUT2D eigenvalue weighted by atomic mass is 35.5. The lowest BCUT2D eigenvalue weighted by Gasteiger charge is -2.00. The van der Waals surface area contributed by atoms with Gasteiger partial charge in [0.15, 0.2) is 0 Å². The number of ether oxygens (including phenoxy) is 1. The maximum Gasteiger partial charge on any atom is 0.337 e. The average molecular weight is 206 g/mol. The molecule has 0 bridgehead atoms. The van der Waals surface area contributed by atoms with Crippen LogP contribution >= 0.6 is 12.4 Å². The van der Waals surface area contributed by atoms with Gasteiger partial charge in [-0.25, -0.2) is 9.18 Å². The van der Waals surface area contributed by atoms with Crippen molar-refractivity contribution in [2.45, 2.75) is 0 Å². The van der Waals surface area contributed by atoms with Gasteiger partial charge in [-0.1, -0.05) is 0 Å². The number of carbonyl (C=O) groups is 1. The lowest BCUT2D eigenvalue weighted by molar-refractivity contribution is 0.0600. The van der Waals surface area contributed by atoms with E-state index in [0.29, 0.717) is 0 Å². The van der Waals surface area contributed by atoms with Crippen molar-refractivity contribution in [3.63, 3.8) is 0 Å². The van der Waals surface area contributed by atoms with Crippen LogP contribution in [0.1, 0.15) is 10.4 Å². The zero-order valence-electron chi connectivity index (χ0n) is 6.91. The normalized spacial score (nSPS) is 8.77. The van der Waals surface area contributed by atoms with Gasteiger partial charge in [-0.3, -0.25) is 0 Å². The van der Waals surface area contributed by atoms with Crippen molar-refractivity contribution in [3.8, 4) is 0 Å². The summed E-state index contributed by atoms with van der Waals surface area (Å²) in [4.78, 5) is 10.8. The van der Waals surface area contributed by atoms with Crippen LogP contribution in [0, 0.1) is 5.82 Å². The van der Waals surface area contributed by atoms with Crippen molar-refractivity contribution >= 4 is 24.1 Å². The van der Waals surface area contributed by atoms with E-state index in [1.54, 1.807) is 0 Å². The van der Waals surface area contributed by atoms with Gasteiger partial charge < -0.3 is 10.5 Å². The van der Waals surface area contributed by atoms with Crippen molar-refractivity contribution in [2.75, 3.05) is 12.8 Å². The van der Waals surface area contributed by atoms with Crippen LogP contribution in [0.4, 0.5) is 10.1 Å². The number of carbonyl (C=O) groups excluding carboxylic acids is 1. The molecule has 2 N–H and O–H groups in total. The number of methoxy groups -OCH3 is 1. The molecule has 0 aliphatic carbocycles. The van der Waals surface area contributed by atoms with Gasteiger partial charge >= 0.3 is 5.97 Å². The Labute approximate surface area is 81.1 Å². The molecule has 5 heteroatoms. The van der Waals surface area contributed by atoms with Crippen LogP contribution in [-0.2, 0) is 4.74 Å². The maximum absolute atomic E-state index is 12.7. The van der Waals surface area contributed by atoms with Gasteiger partial charge in [0.25, 0.3) is 0 Å². The Morgan fingerprint density at radius 2 is 2.15 bits per heavy atom. The summed E-state index contributed by atoms with van der Waals surface area (Å²) in [5.41, 5.74) is 5.38. The predicted molar refractivity (Wildman–Crippen MR) is 49.4 cm³/mol. The molecule has 72 valence electrons. The quantitative estimate of drug-likeness (QED) is 0.560. The fourth-order valence-corrected chi connectivity index (χ4v) is 0.772. The Bertz CT molecular complexity index is 317.